The SMILES string of the molecule is CCOC(=O)C(=O)CSc1nc2cc(C)ccc2[nH]1.CCOC(=O)C(=O)CSc1nc2cc(OC)ccc2[nH]1.CCOC(=O)C(=O)CSc1nc2ccccc2[nH]1.CCOC(=O)C1=CSCC(C(=O)O)N1.O=C(O)C(=O)C[n+]1ccc(C=Cc2ccc(O)c(O)c2)cc1. The summed E-state index contributed by atoms with van der Waals surface area (Å²) in [5, 5.41) is 41.9. The molecule has 31 heteroatoms. The summed E-state index contributed by atoms with van der Waals surface area (Å²) in [7, 11) is 1.58. The Morgan fingerprint density at radius 3 is 1.57 bits per heavy atom. The number of aromatic nitrogens is 7. The fourth-order valence-corrected chi connectivity index (χ4v) is 10.3. The Kier molecular flexibility index (Phi) is 30.1. The first-order valence-electron chi connectivity index (χ1n) is 27.9. The minimum Gasteiger partial charge on any atom is -0.504 e. The number of H-pyrrole nitrogens is 3. The van der Waals surface area contributed by atoms with Crippen LogP contribution in [-0.2, 0) is 73.4 Å². The number of carboxylic acids is 2. The van der Waals surface area contributed by atoms with Crippen LogP contribution in [-0.4, -0.2) is 172 Å². The van der Waals surface area contributed by atoms with Gasteiger partial charge in [-0.15, -0.1) is 11.8 Å². The smallest absolute Gasteiger partial charge is 0.379 e. The van der Waals surface area contributed by atoms with Gasteiger partial charge in [0, 0.05) is 29.4 Å². The van der Waals surface area contributed by atoms with E-state index in [1.165, 1.54) is 52.0 Å². The van der Waals surface area contributed by atoms with Crippen LogP contribution >= 0.6 is 47.0 Å². The molecule has 4 aromatic heterocycles. The summed E-state index contributed by atoms with van der Waals surface area (Å²) in [5.74, 6) is -7.08. The average molecular weight is 1350 g/mol. The first-order valence-corrected chi connectivity index (χ1v) is 31.9. The second-order valence-electron chi connectivity index (χ2n) is 18.6. The lowest BCUT2D eigenvalue weighted by Crippen LogP contribution is -2.42. The van der Waals surface area contributed by atoms with Gasteiger partial charge in [0.15, 0.2) is 39.4 Å². The molecule has 93 heavy (non-hydrogen) atoms. The number of ketones is 4. The lowest BCUT2D eigenvalue weighted by Gasteiger charge is -2.20. The number of ether oxygens (including phenoxy) is 5. The van der Waals surface area contributed by atoms with Crippen molar-refractivity contribution in [1.29, 1.82) is 0 Å². The van der Waals surface area contributed by atoms with Crippen LogP contribution in [0.5, 0.6) is 17.2 Å². The third-order valence-electron chi connectivity index (χ3n) is 11.7. The zero-order valence-electron chi connectivity index (χ0n) is 50.8. The number of methoxy groups -OCH3 is 1. The first kappa shape index (κ1) is 73.8. The number of phenolic OH excluding ortho intramolecular Hbond substituents is 2. The molecule has 0 saturated heterocycles. The van der Waals surface area contributed by atoms with Crippen LogP contribution in [0.4, 0.5) is 0 Å². The van der Waals surface area contributed by atoms with Crippen molar-refractivity contribution in [2.45, 2.75) is 62.7 Å². The Hall–Kier alpha value is -9.98. The molecule has 0 bridgehead atoms. The summed E-state index contributed by atoms with van der Waals surface area (Å²) >= 11 is 4.84. The summed E-state index contributed by atoms with van der Waals surface area (Å²) in [6.45, 7) is 9.35. The number of carbonyl (C=O) groups excluding carboxylic acids is 8. The predicted molar refractivity (Wildman–Crippen MR) is 346 cm³/mol. The van der Waals surface area contributed by atoms with Crippen LogP contribution in [0.1, 0.15) is 44.4 Å². The molecule has 490 valence electrons. The quantitative estimate of drug-likeness (QED) is 0.00748. The van der Waals surface area contributed by atoms with Crippen LogP contribution in [0.2, 0.25) is 0 Å². The average Bonchev–Trinajstić information content (AvgIpc) is 1.81. The summed E-state index contributed by atoms with van der Waals surface area (Å²) < 4.78 is 25.2. The highest BCUT2D eigenvalue weighted by Gasteiger charge is 2.26. The van der Waals surface area contributed by atoms with Gasteiger partial charge in [-0.3, -0.25) is 19.2 Å². The summed E-state index contributed by atoms with van der Waals surface area (Å²) in [6.07, 6.45) is 6.75. The summed E-state index contributed by atoms with van der Waals surface area (Å²) in [5.41, 5.74) is 8.00. The number of Topliss-reactive ketones (excluding diaryl/α,β-unsaturated/α-hetero) is 4. The van der Waals surface area contributed by atoms with Gasteiger partial charge in [0.1, 0.15) is 17.5 Å². The highest BCUT2D eigenvalue weighted by Crippen LogP contribution is 2.27. The molecule has 1 aliphatic heterocycles. The molecule has 0 saturated carbocycles. The number of hydrogen-bond donors (Lipinski definition) is 8. The van der Waals surface area contributed by atoms with Crippen molar-refractivity contribution in [2.75, 3.05) is 56.5 Å². The zero-order chi connectivity index (χ0) is 68.0. The highest BCUT2D eigenvalue weighted by molar-refractivity contribution is 8.02. The molecular formula is C62H65N8O19S4+. The van der Waals surface area contributed by atoms with Crippen molar-refractivity contribution in [1.82, 2.24) is 35.2 Å². The number of aromatic amines is 3. The number of aliphatic carboxylic acids is 2. The van der Waals surface area contributed by atoms with Crippen molar-refractivity contribution in [3.8, 4) is 17.2 Å². The minimum absolute atomic E-state index is 0.00418. The van der Waals surface area contributed by atoms with E-state index in [1.54, 1.807) is 89.0 Å². The molecule has 1 atom stereocenters. The van der Waals surface area contributed by atoms with Gasteiger partial charge in [-0.2, -0.15) is 4.57 Å². The molecule has 5 heterocycles. The van der Waals surface area contributed by atoms with E-state index in [9.17, 15) is 58.2 Å². The van der Waals surface area contributed by atoms with Crippen LogP contribution in [0, 0.1) is 6.92 Å². The highest BCUT2D eigenvalue weighted by atomic mass is 32.2. The maximum Gasteiger partial charge on any atom is 0.379 e. The van der Waals surface area contributed by atoms with Crippen LogP contribution < -0.4 is 14.6 Å². The van der Waals surface area contributed by atoms with Gasteiger partial charge in [0.2, 0.25) is 23.9 Å². The minimum atomic E-state index is -1.45. The van der Waals surface area contributed by atoms with Crippen LogP contribution in [0.3, 0.4) is 0 Å². The molecule has 0 fully saturated rings. The van der Waals surface area contributed by atoms with E-state index in [2.05, 4.69) is 49.4 Å². The molecule has 0 aliphatic carbocycles. The third-order valence-corrected chi connectivity index (χ3v) is 15.3. The molecular weight excluding hydrogens is 1290 g/mol. The number of pyridine rings is 1. The number of carbonyl (C=O) groups is 10. The first-order chi connectivity index (χ1) is 44.5. The Morgan fingerprint density at radius 2 is 1.08 bits per heavy atom. The third kappa shape index (κ3) is 24.6. The van der Waals surface area contributed by atoms with E-state index in [0.717, 1.165) is 56.0 Å². The van der Waals surface area contributed by atoms with Gasteiger partial charge < -0.3 is 64.4 Å². The lowest BCUT2D eigenvalue weighted by molar-refractivity contribution is -0.683. The Morgan fingerprint density at radius 1 is 0.581 bits per heavy atom. The number of nitrogens with zero attached hydrogens (tertiary/aromatic N) is 4. The number of fused-ring (bicyclic) bond motifs is 3. The number of para-hydroxylation sites is 2. The van der Waals surface area contributed by atoms with E-state index in [4.69, 9.17) is 19.7 Å². The molecule has 0 spiro atoms. The number of carboxylic acid groups (broad SMARTS) is 2. The van der Waals surface area contributed by atoms with Gasteiger partial charge >= 0.3 is 41.6 Å². The molecule has 1 unspecified atom stereocenters. The van der Waals surface area contributed by atoms with Crippen LogP contribution in [0.25, 0.3) is 45.3 Å². The number of esters is 4. The standard InChI is InChI=1S/C16H13NO5.C13H14N2O4S.C13H14N2O3S.C12H12N2O3S.C8H11NO4S/c18-13-4-3-12(9-14(13)19)2-1-11-5-7-17(8-6-11)10-15(20)16(21)22;1-3-19-12(17)11(16)7-20-13-14-9-5-4-8(18-2)6-10(9)15-13;1-3-18-12(17)11(16)7-19-13-14-9-5-4-8(2)6-10(9)15-13;1-2-17-11(16)10(15)7-18-12-13-8-5-3-4-6-9(8)14-12;1-2-13-8(12)6-4-14-3-5(9-6)7(10)11/h1-9H,10H2,(H2,19,21,22);4-6H,3,7H2,1-2H3,(H,14,15);4-6H,3,7H2,1-2H3,(H,14,15);3-6H,2,7H2,1H3,(H,13,14);4-5,9H,2-3H2,1H3,(H,10,11)/p+1. The molecule has 9 rings (SSSR count). The number of aryl methyl sites for hydroxylation is 1. The molecule has 0 amide bonds. The molecule has 8 aromatic rings. The Bertz CT molecular complexity index is 3980. The molecule has 27 nitrogen and oxygen atoms in total. The van der Waals surface area contributed by atoms with E-state index < -0.39 is 65.0 Å². The summed E-state index contributed by atoms with van der Waals surface area (Å²) in [4.78, 5) is 133. The molecule has 8 N–H and O–H groups in total. The number of nitrogens with one attached hydrogen (secondary N) is 4. The largest absolute Gasteiger partial charge is 0.504 e. The van der Waals surface area contributed by atoms with E-state index in [1.807, 2.05) is 61.5 Å². The van der Waals surface area contributed by atoms with Gasteiger partial charge in [0.25, 0.3) is 0 Å². The van der Waals surface area contributed by atoms with E-state index in [-0.39, 0.29) is 67.4 Å². The van der Waals surface area contributed by atoms with Crippen molar-refractivity contribution < 1.29 is 96.6 Å². The Labute approximate surface area is 547 Å². The predicted octanol–water partition coefficient (Wildman–Crippen LogP) is 7.07. The fourth-order valence-electron chi connectivity index (χ4n) is 7.22. The van der Waals surface area contributed by atoms with Crippen molar-refractivity contribution in [3.63, 3.8) is 0 Å². The number of benzene rings is 4. The van der Waals surface area contributed by atoms with Crippen molar-refractivity contribution in [3.05, 3.63) is 131 Å². The molecule has 1 aliphatic rings. The normalized spacial score (nSPS) is 12.1. The number of thioether (sulfide) groups is 4. The summed E-state index contributed by atoms with van der Waals surface area (Å²) in [6, 6.07) is 26.1. The molecule has 4 aromatic carbocycles. The van der Waals surface area contributed by atoms with Gasteiger partial charge in [-0.05, 0) is 99.8 Å². The maximum absolute atomic E-state index is 11.5. The number of phenols is 2. The van der Waals surface area contributed by atoms with E-state index in [0.29, 0.717) is 32.5 Å². The van der Waals surface area contributed by atoms with Crippen LogP contribution in [0.15, 0.2) is 130 Å². The molecule has 0 radical (unpaired) electrons. The lowest BCUT2D eigenvalue weighted by atomic mass is 10.1. The topological polar surface area (TPSA) is 400 Å². The zero-order valence-corrected chi connectivity index (χ0v) is 54.1. The maximum atomic E-state index is 11.5. The number of aromatic hydroxyl groups is 2. The monoisotopic (exact) mass is 1350 g/mol. The number of hydrogen-bond acceptors (Lipinski definition) is 25. The Balaban J connectivity index is 0.000000212. The number of imidazole rings is 3. The van der Waals surface area contributed by atoms with Gasteiger partial charge in [0.05, 0.1) is 83.9 Å². The van der Waals surface area contributed by atoms with Crippen molar-refractivity contribution >= 4 is 151 Å². The second kappa shape index (κ2) is 38.0. The van der Waals surface area contributed by atoms with E-state index >= 15 is 0 Å². The second-order valence-corrected chi connectivity index (χ2v) is 22.4. The number of rotatable bonds is 24. The van der Waals surface area contributed by atoms with Gasteiger partial charge in [-0.1, -0.05) is 71.7 Å². The van der Waals surface area contributed by atoms with Crippen molar-refractivity contribution in [2.24, 2.45) is 0 Å². The van der Waals surface area contributed by atoms with Gasteiger partial charge in [-0.25, -0.2) is 43.7 Å². The fraction of sp³-hybridized carbons (Fsp3) is 0.258.